The second-order valence-corrected chi connectivity index (χ2v) is 6.18. The zero-order valence-electron chi connectivity index (χ0n) is 13.9. The second-order valence-electron chi connectivity index (χ2n) is 5.02. The van der Waals surface area contributed by atoms with Crippen molar-refractivity contribution < 1.29 is 19.0 Å². The van der Waals surface area contributed by atoms with Crippen molar-refractivity contribution in [2.45, 2.75) is 13.3 Å². The summed E-state index contributed by atoms with van der Waals surface area (Å²) in [6, 6.07) is 10.8. The first kappa shape index (κ1) is 18.4. The molecule has 0 aliphatic rings. The Bertz CT molecular complexity index is 718. The van der Waals surface area contributed by atoms with Crippen LogP contribution in [0.1, 0.15) is 23.7 Å². The number of amides is 1. The number of benzene rings is 2. The number of methoxy groups -OCH3 is 2. The summed E-state index contributed by atoms with van der Waals surface area (Å²) in [5.74, 6) is 1.63. The number of halogens is 1. The normalized spacial score (nSPS) is 10.2. The van der Waals surface area contributed by atoms with E-state index >= 15 is 0 Å². The minimum absolute atomic E-state index is 0.215. The fraction of sp³-hybridized carbons (Fsp3) is 0.278. The van der Waals surface area contributed by atoms with Crippen LogP contribution in [0, 0.1) is 3.57 Å². The van der Waals surface area contributed by atoms with Gasteiger partial charge in [0, 0.05) is 15.3 Å². The molecule has 1 N–H and O–H groups in total. The standard InChI is InChI=1S/C18H20INO4/c1-4-8-24-13-7-5-6-12(9-13)20-18(21)14-10-16(22-2)17(23-3)11-15(14)19/h5-7,9-11H,4,8H2,1-3H3,(H,20,21). The van der Waals surface area contributed by atoms with Gasteiger partial charge in [-0.25, -0.2) is 0 Å². The van der Waals surface area contributed by atoms with E-state index in [4.69, 9.17) is 14.2 Å². The lowest BCUT2D eigenvalue weighted by Gasteiger charge is -2.13. The van der Waals surface area contributed by atoms with Crippen molar-refractivity contribution >= 4 is 34.2 Å². The van der Waals surface area contributed by atoms with Crippen molar-refractivity contribution in [3.05, 3.63) is 45.5 Å². The summed E-state index contributed by atoms with van der Waals surface area (Å²) in [5.41, 5.74) is 1.20. The highest BCUT2D eigenvalue weighted by Crippen LogP contribution is 2.31. The minimum Gasteiger partial charge on any atom is -0.494 e. The van der Waals surface area contributed by atoms with Gasteiger partial charge in [-0.05, 0) is 53.3 Å². The molecule has 0 saturated carbocycles. The van der Waals surface area contributed by atoms with E-state index in [0.717, 1.165) is 15.7 Å². The van der Waals surface area contributed by atoms with Gasteiger partial charge in [0.1, 0.15) is 5.75 Å². The van der Waals surface area contributed by atoms with E-state index in [1.165, 1.54) is 0 Å². The number of hydrogen-bond donors (Lipinski definition) is 1. The molecule has 0 aliphatic carbocycles. The van der Waals surface area contributed by atoms with Crippen LogP contribution in [-0.2, 0) is 0 Å². The van der Waals surface area contributed by atoms with Crippen LogP contribution in [0.15, 0.2) is 36.4 Å². The third-order valence-electron chi connectivity index (χ3n) is 3.28. The fourth-order valence-corrected chi connectivity index (χ4v) is 2.79. The van der Waals surface area contributed by atoms with E-state index in [0.29, 0.717) is 29.4 Å². The third kappa shape index (κ3) is 4.53. The summed E-state index contributed by atoms with van der Waals surface area (Å²) < 4.78 is 16.9. The molecular weight excluding hydrogens is 421 g/mol. The van der Waals surface area contributed by atoms with Crippen molar-refractivity contribution in [2.75, 3.05) is 26.1 Å². The number of carbonyl (C=O) groups excluding carboxylic acids is 1. The molecule has 0 aromatic heterocycles. The van der Waals surface area contributed by atoms with Gasteiger partial charge in [-0.3, -0.25) is 4.79 Å². The van der Waals surface area contributed by atoms with Crippen LogP contribution < -0.4 is 19.5 Å². The molecule has 5 nitrogen and oxygen atoms in total. The lowest BCUT2D eigenvalue weighted by atomic mass is 10.1. The predicted molar refractivity (Wildman–Crippen MR) is 102 cm³/mol. The van der Waals surface area contributed by atoms with Crippen molar-refractivity contribution in [3.8, 4) is 17.2 Å². The maximum atomic E-state index is 12.6. The number of ether oxygens (including phenoxy) is 3. The average molecular weight is 441 g/mol. The molecule has 2 aromatic rings. The summed E-state index contributed by atoms with van der Waals surface area (Å²) in [4.78, 5) is 12.6. The van der Waals surface area contributed by atoms with E-state index in [1.54, 1.807) is 32.4 Å². The molecule has 0 bridgehead atoms. The topological polar surface area (TPSA) is 56.8 Å². The van der Waals surface area contributed by atoms with Crippen LogP contribution in [0.5, 0.6) is 17.2 Å². The van der Waals surface area contributed by atoms with Gasteiger partial charge in [-0.2, -0.15) is 0 Å². The summed E-state index contributed by atoms with van der Waals surface area (Å²) in [6.07, 6.45) is 0.931. The minimum atomic E-state index is -0.215. The smallest absolute Gasteiger partial charge is 0.256 e. The lowest BCUT2D eigenvalue weighted by molar-refractivity contribution is 0.102. The summed E-state index contributed by atoms with van der Waals surface area (Å²) in [6.45, 7) is 2.69. The first-order chi connectivity index (χ1) is 11.6. The quantitative estimate of drug-likeness (QED) is 0.650. The molecule has 2 rings (SSSR count). The molecule has 0 spiro atoms. The third-order valence-corrected chi connectivity index (χ3v) is 4.18. The van der Waals surface area contributed by atoms with Gasteiger partial charge >= 0.3 is 0 Å². The highest BCUT2D eigenvalue weighted by atomic mass is 127. The van der Waals surface area contributed by atoms with E-state index in [9.17, 15) is 4.79 Å². The maximum Gasteiger partial charge on any atom is 0.256 e. The van der Waals surface area contributed by atoms with Gasteiger partial charge in [-0.15, -0.1) is 0 Å². The molecule has 0 unspecified atom stereocenters. The second kappa shape index (κ2) is 8.77. The zero-order valence-corrected chi connectivity index (χ0v) is 16.0. The van der Waals surface area contributed by atoms with Crippen molar-refractivity contribution in [1.82, 2.24) is 0 Å². The number of nitrogens with one attached hydrogen (secondary N) is 1. The average Bonchev–Trinajstić information content (AvgIpc) is 2.59. The number of rotatable bonds is 7. The van der Waals surface area contributed by atoms with Crippen LogP contribution in [0.2, 0.25) is 0 Å². The van der Waals surface area contributed by atoms with Crippen molar-refractivity contribution in [2.24, 2.45) is 0 Å². The number of carbonyl (C=O) groups is 1. The largest absolute Gasteiger partial charge is 0.494 e. The zero-order chi connectivity index (χ0) is 17.5. The molecule has 128 valence electrons. The van der Waals surface area contributed by atoms with Crippen LogP contribution in [0.3, 0.4) is 0 Å². The molecule has 24 heavy (non-hydrogen) atoms. The van der Waals surface area contributed by atoms with Gasteiger partial charge in [0.15, 0.2) is 11.5 Å². The van der Waals surface area contributed by atoms with E-state index < -0.39 is 0 Å². The molecule has 1 amide bonds. The number of anilines is 1. The Morgan fingerprint density at radius 2 is 1.83 bits per heavy atom. The van der Waals surface area contributed by atoms with Crippen LogP contribution >= 0.6 is 22.6 Å². The Hall–Kier alpha value is -1.96. The SMILES string of the molecule is CCCOc1cccc(NC(=O)c2cc(OC)c(OC)cc2I)c1. The number of hydrogen-bond acceptors (Lipinski definition) is 4. The molecule has 6 heteroatoms. The molecule has 2 aromatic carbocycles. The molecule has 0 radical (unpaired) electrons. The molecule has 0 aliphatic heterocycles. The summed E-state index contributed by atoms with van der Waals surface area (Å²) in [7, 11) is 3.11. The Labute approximate surface area is 155 Å². The Balaban J connectivity index is 2.21. The first-order valence-corrected chi connectivity index (χ1v) is 8.62. The van der Waals surface area contributed by atoms with E-state index in [-0.39, 0.29) is 5.91 Å². The van der Waals surface area contributed by atoms with Crippen molar-refractivity contribution in [1.29, 1.82) is 0 Å². The predicted octanol–water partition coefficient (Wildman–Crippen LogP) is 4.35. The fourth-order valence-electron chi connectivity index (χ4n) is 2.11. The maximum absolute atomic E-state index is 12.6. The summed E-state index contributed by atoms with van der Waals surface area (Å²) in [5, 5.41) is 2.88. The van der Waals surface area contributed by atoms with E-state index in [2.05, 4.69) is 27.9 Å². The van der Waals surface area contributed by atoms with Crippen LogP contribution in [-0.4, -0.2) is 26.7 Å². The first-order valence-electron chi connectivity index (χ1n) is 7.54. The van der Waals surface area contributed by atoms with Gasteiger partial charge < -0.3 is 19.5 Å². The summed E-state index contributed by atoms with van der Waals surface area (Å²) >= 11 is 2.10. The Kier molecular flexibility index (Phi) is 6.72. The van der Waals surface area contributed by atoms with Gasteiger partial charge in [0.25, 0.3) is 5.91 Å². The van der Waals surface area contributed by atoms with Gasteiger partial charge in [-0.1, -0.05) is 13.0 Å². The highest BCUT2D eigenvalue weighted by molar-refractivity contribution is 14.1. The van der Waals surface area contributed by atoms with Crippen LogP contribution in [0.4, 0.5) is 5.69 Å². The van der Waals surface area contributed by atoms with Crippen molar-refractivity contribution in [3.63, 3.8) is 0 Å². The Morgan fingerprint density at radius 3 is 2.50 bits per heavy atom. The molecule has 0 saturated heterocycles. The Morgan fingerprint density at radius 1 is 1.12 bits per heavy atom. The highest BCUT2D eigenvalue weighted by Gasteiger charge is 2.16. The lowest BCUT2D eigenvalue weighted by Crippen LogP contribution is -2.14. The van der Waals surface area contributed by atoms with Crippen LogP contribution in [0.25, 0.3) is 0 Å². The molecular formula is C18H20INO4. The van der Waals surface area contributed by atoms with Gasteiger partial charge in [0.05, 0.1) is 26.4 Å². The molecule has 0 atom stereocenters. The molecule has 0 fully saturated rings. The molecule has 0 heterocycles. The van der Waals surface area contributed by atoms with Gasteiger partial charge in [0.2, 0.25) is 0 Å². The van der Waals surface area contributed by atoms with E-state index in [1.807, 2.05) is 25.1 Å². The monoisotopic (exact) mass is 441 g/mol.